The zero-order valence-corrected chi connectivity index (χ0v) is 13.9. The van der Waals surface area contributed by atoms with Crippen LogP contribution in [0.25, 0.3) is 0 Å². The second-order valence-electron chi connectivity index (χ2n) is 5.32. The minimum atomic E-state index is -2.61. The normalized spacial score (nSPS) is 24.4. The number of carbonyl (C=O) groups excluding carboxylic acids is 1. The molecule has 1 fully saturated rings. The summed E-state index contributed by atoms with van der Waals surface area (Å²) >= 11 is 0. The van der Waals surface area contributed by atoms with Gasteiger partial charge in [0.1, 0.15) is 5.78 Å². The first-order valence-electron chi connectivity index (χ1n) is 4.73. The van der Waals surface area contributed by atoms with Crippen molar-refractivity contribution in [3.8, 4) is 0 Å². The molecule has 0 saturated carbocycles. The van der Waals surface area contributed by atoms with Crippen LogP contribution in [0, 0.1) is 0 Å². The third-order valence-electron chi connectivity index (χ3n) is 2.09. The van der Waals surface area contributed by atoms with Crippen LogP contribution in [-0.4, -0.2) is 16.9 Å². The predicted octanol–water partition coefficient (Wildman–Crippen LogP) is 3.23. The Morgan fingerprint density at radius 1 is 1.00 bits per heavy atom. The molecule has 0 unspecified atom stereocenters. The Hall–Kier alpha value is 1.31. The molecule has 0 bridgehead atoms. The van der Waals surface area contributed by atoms with E-state index in [0.29, 0.717) is 5.78 Å². The van der Waals surface area contributed by atoms with Gasteiger partial charge < -0.3 is 5.32 Å². The molecule has 0 radical (unpaired) electrons. The summed E-state index contributed by atoms with van der Waals surface area (Å²) in [5, 5.41) is 2.31. The molecule has 2 nitrogen and oxygen atoms in total. The second-order valence-corrected chi connectivity index (χ2v) is 16.3. The van der Waals surface area contributed by atoms with Crippen molar-refractivity contribution in [2.45, 2.75) is 51.6 Å². The predicted molar refractivity (Wildman–Crippen MR) is 67.7 cm³/mol. The molecule has 16 heavy (non-hydrogen) atoms. The van der Waals surface area contributed by atoms with Crippen molar-refractivity contribution in [3.63, 3.8) is 0 Å². The molecule has 1 aliphatic heterocycles. The number of Topliss-reactive ketones (excluding diaryl/α,β-unsaturated/α-hetero) is 1. The summed E-state index contributed by atoms with van der Waals surface area (Å²) in [6.45, 7) is 8.52. The standard InChI is InChI=1S/C9H17NO.4ClH.Fe/c1-8(2)5-7(11)6-9(3,4)10-8;;;;;/h10H,5-6H2,1-4H3;4*1H;/q;;;;;+3/p-3. The molecule has 0 aliphatic carbocycles. The molecular formula is C9H18Cl4FeNO. The van der Waals surface area contributed by atoms with Crippen LogP contribution in [-0.2, 0) is 14.0 Å². The van der Waals surface area contributed by atoms with Gasteiger partial charge in [-0.05, 0) is 27.7 Å². The van der Waals surface area contributed by atoms with E-state index in [9.17, 15) is 4.79 Å². The van der Waals surface area contributed by atoms with Crippen molar-refractivity contribution in [1.82, 2.24) is 0 Å². The summed E-state index contributed by atoms with van der Waals surface area (Å²) in [4.78, 5) is 11.3. The zero-order valence-electron chi connectivity index (χ0n) is 9.77. The van der Waals surface area contributed by atoms with Crippen LogP contribution in [0.5, 0.6) is 0 Å². The van der Waals surface area contributed by atoms with Crippen LogP contribution < -0.4 is 5.32 Å². The Kier molecular flexibility index (Phi) is 6.46. The van der Waals surface area contributed by atoms with Gasteiger partial charge in [-0.1, -0.05) is 0 Å². The van der Waals surface area contributed by atoms with Gasteiger partial charge in [0.15, 0.2) is 0 Å². The molecule has 0 aromatic heterocycles. The second kappa shape index (κ2) is 5.97. The molecule has 101 valence electrons. The van der Waals surface area contributed by atoms with Crippen molar-refractivity contribution in [1.29, 1.82) is 0 Å². The summed E-state index contributed by atoms with van der Waals surface area (Å²) in [6, 6.07) is 0. The van der Waals surface area contributed by atoms with Crippen LogP contribution in [0.1, 0.15) is 40.5 Å². The van der Waals surface area contributed by atoms with E-state index in [1.54, 1.807) is 0 Å². The van der Waals surface area contributed by atoms with E-state index in [2.05, 4.69) is 33.0 Å². The van der Waals surface area contributed by atoms with Crippen molar-refractivity contribution in [3.05, 3.63) is 0 Å². The SMILES string of the molecule is CC1(C)CC(=O)CC(C)(C)[NH2+]1.[Cl][Fe-]([Cl])([Cl])[Cl]. The van der Waals surface area contributed by atoms with Gasteiger partial charge in [-0.3, -0.25) is 4.79 Å². The van der Waals surface area contributed by atoms with Crippen molar-refractivity contribution in [2.75, 3.05) is 0 Å². The van der Waals surface area contributed by atoms with Gasteiger partial charge in [0, 0.05) is 0 Å². The van der Waals surface area contributed by atoms with Gasteiger partial charge in [-0.25, -0.2) is 0 Å². The quantitative estimate of drug-likeness (QED) is 0.666. The maximum absolute atomic E-state index is 11.3. The molecule has 0 aromatic rings. The third-order valence-corrected chi connectivity index (χ3v) is 2.09. The van der Waals surface area contributed by atoms with E-state index in [1.165, 1.54) is 0 Å². The topological polar surface area (TPSA) is 33.7 Å². The van der Waals surface area contributed by atoms with Gasteiger partial charge in [-0.2, -0.15) is 0 Å². The van der Waals surface area contributed by atoms with E-state index in [0.717, 1.165) is 12.8 Å². The average Bonchev–Trinajstić information content (AvgIpc) is 1.69. The molecule has 0 spiro atoms. The molecular weight excluding hydrogens is 336 g/mol. The first-order chi connectivity index (χ1) is 6.81. The van der Waals surface area contributed by atoms with Gasteiger partial charge in [0.25, 0.3) is 0 Å². The number of rotatable bonds is 0. The fourth-order valence-corrected chi connectivity index (χ4v) is 2.24. The van der Waals surface area contributed by atoms with Crippen molar-refractivity contribution in [2.24, 2.45) is 0 Å². The monoisotopic (exact) mass is 352 g/mol. The minimum absolute atomic E-state index is 0.110. The zero-order chi connectivity index (χ0) is 13.2. The van der Waals surface area contributed by atoms with E-state index in [-0.39, 0.29) is 11.1 Å². The van der Waals surface area contributed by atoms with Crippen molar-refractivity contribution >= 4 is 46.2 Å². The summed E-state index contributed by atoms with van der Waals surface area (Å²) in [7, 11) is 17.2. The summed E-state index contributed by atoms with van der Waals surface area (Å²) in [5.41, 5.74) is 0.220. The van der Waals surface area contributed by atoms with Gasteiger partial charge in [0.05, 0.1) is 23.9 Å². The Morgan fingerprint density at radius 3 is 1.44 bits per heavy atom. The Balaban J connectivity index is 0.000000385. The van der Waals surface area contributed by atoms with Gasteiger partial charge in [-0.15, -0.1) is 0 Å². The van der Waals surface area contributed by atoms with Crippen LogP contribution in [0.4, 0.5) is 0 Å². The maximum atomic E-state index is 11.3. The van der Waals surface area contributed by atoms with Crippen LogP contribution in [0.2, 0.25) is 0 Å². The number of nitrogens with two attached hydrogens (primary N) is 1. The number of halogens is 4. The van der Waals surface area contributed by atoms with Gasteiger partial charge >= 0.3 is 49.6 Å². The number of ketones is 1. The van der Waals surface area contributed by atoms with Crippen LogP contribution in [0.15, 0.2) is 0 Å². The molecule has 1 saturated heterocycles. The number of hydrogen-bond acceptors (Lipinski definition) is 1. The Morgan fingerprint density at radius 2 is 1.25 bits per heavy atom. The molecule has 1 rings (SSSR count). The fourth-order valence-electron chi connectivity index (χ4n) is 2.24. The molecule has 7 heteroatoms. The summed E-state index contributed by atoms with van der Waals surface area (Å²) in [5.74, 6) is 0.405. The first kappa shape index (κ1) is 17.3. The molecule has 0 aromatic carbocycles. The fraction of sp³-hybridized carbons (Fsp3) is 0.889. The number of hydrogen-bond donors (Lipinski definition) is 1. The molecule has 0 atom stereocenters. The average molecular weight is 354 g/mol. The van der Waals surface area contributed by atoms with E-state index >= 15 is 0 Å². The Bertz CT molecular complexity index is 239. The van der Waals surface area contributed by atoms with Gasteiger partial charge in [0.2, 0.25) is 0 Å². The number of quaternary nitrogens is 1. The number of piperidine rings is 1. The number of carbonyl (C=O) groups is 1. The summed E-state index contributed by atoms with van der Waals surface area (Å²) < 4.78 is 0. The first-order valence-corrected chi connectivity index (χ1v) is 10.8. The van der Waals surface area contributed by atoms with E-state index in [4.69, 9.17) is 40.4 Å². The van der Waals surface area contributed by atoms with E-state index in [1.807, 2.05) is 0 Å². The van der Waals surface area contributed by atoms with Crippen molar-refractivity contribution < 1.29 is 19.3 Å². The summed E-state index contributed by atoms with van der Waals surface area (Å²) in [6.07, 6.45) is 1.44. The van der Waals surface area contributed by atoms with Crippen LogP contribution in [0.3, 0.4) is 0 Å². The Labute approximate surface area is 116 Å². The molecule has 1 heterocycles. The molecule has 1 aliphatic rings. The van der Waals surface area contributed by atoms with Crippen LogP contribution >= 0.6 is 40.4 Å². The molecule has 0 amide bonds. The molecule has 2 N–H and O–H groups in total. The third kappa shape index (κ3) is 10.5. The van der Waals surface area contributed by atoms with E-state index < -0.39 is 9.20 Å².